The fraction of sp³-hybridized carbons (Fsp3) is 0.571. The second-order valence-corrected chi connectivity index (χ2v) is 6.81. The van der Waals surface area contributed by atoms with Crippen molar-refractivity contribution in [1.29, 1.82) is 0 Å². The van der Waals surface area contributed by atoms with Crippen LogP contribution in [0.1, 0.15) is 26.7 Å². The summed E-state index contributed by atoms with van der Waals surface area (Å²) in [6.07, 6.45) is 2.46. The average Bonchev–Trinajstić information content (AvgIpc) is 2.84. The van der Waals surface area contributed by atoms with Gasteiger partial charge in [0.25, 0.3) is 0 Å². The minimum absolute atomic E-state index is 0.0128. The Kier molecular flexibility index (Phi) is 4.75. The van der Waals surface area contributed by atoms with Gasteiger partial charge in [0.1, 0.15) is 0 Å². The first kappa shape index (κ1) is 15.0. The molecule has 1 fully saturated rings. The summed E-state index contributed by atoms with van der Waals surface area (Å²) in [5, 5.41) is 14.3. The van der Waals surface area contributed by atoms with Crippen LogP contribution < -0.4 is 10.1 Å². The van der Waals surface area contributed by atoms with Crippen LogP contribution in [0.2, 0.25) is 0 Å². The van der Waals surface area contributed by atoms with Gasteiger partial charge in [0, 0.05) is 29.1 Å². The van der Waals surface area contributed by atoms with Crippen molar-refractivity contribution in [2.24, 2.45) is 0 Å². The second-order valence-electron chi connectivity index (χ2n) is 5.13. The van der Waals surface area contributed by atoms with Crippen molar-refractivity contribution < 1.29 is 9.66 Å². The molecular formula is C14H20N2O3S. The molecule has 1 aromatic carbocycles. The number of hydrogen-bond acceptors (Lipinski definition) is 5. The Hall–Kier alpha value is -1.43. The largest absolute Gasteiger partial charge is 0.487 e. The van der Waals surface area contributed by atoms with Crippen molar-refractivity contribution in [3.63, 3.8) is 0 Å². The van der Waals surface area contributed by atoms with Crippen LogP contribution in [0, 0.1) is 10.1 Å². The number of thioether (sulfide) groups is 1. The predicted octanol–water partition coefficient (Wildman–Crippen LogP) is 3.69. The lowest BCUT2D eigenvalue weighted by molar-refractivity contribution is -0.385. The molecule has 1 heterocycles. The molecule has 6 heteroatoms. The van der Waals surface area contributed by atoms with Gasteiger partial charge in [-0.15, -0.1) is 0 Å². The van der Waals surface area contributed by atoms with E-state index >= 15 is 0 Å². The highest BCUT2D eigenvalue weighted by atomic mass is 32.2. The minimum Gasteiger partial charge on any atom is -0.487 e. The van der Waals surface area contributed by atoms with Crippen LogP contribution in [0.5, 0.6) is 5.75 Å². The number of benzene rings is 1. The van der Waals surface area contributed by atoms with Crippen molar-refractivity contribution in [3.05, 3.63) is 28.3 Å². The van der Waals surface area contributed by atoms with Gasteiger partial charge in [-0.25, -0.2) is 0 Å². The SMILES string of the molecule is CCOc1cc(NCC2(C)CCCS2)ccc1[N+](=O)[O-]. The molecule has 1 aromatic rings. The number of ether oxygens (including phenoxy) is 1. The van der Waals surface area contributed by atoms with E-state index in [2.05, 4.69) is 12.2 Å². The van der Waals surface area contributed by atoms with Crippen LogP contribution in [-0.4, -0.2) is 28.6 Å². The summed E-state index contributed by atoms with van der Waals surface area (Å²) in [6.45, 7) is 5.35. The molecule has 2 rings (SSSR count). The van der Waals surface area contributed by atoms with Gasteiger partial charge < -0.3 is 10.1 Å². The maximum Gasteiger partial charge on any atom is 0.311 e. The Morgan fingerprint density at radius 2 is 2.35 bits per heavy atom. The van der Waals surface area contributed by atoms with Crippen molar-refractivity contribution >= 4 is 23.1 Å². The molecule has 0 bridgehead atoms. The lowest BCUT2D eigenvalue weighted by Crippen LogP contribution is -2.27. The highest BCUT2D eigenvalue weighted by molar-refractivity contribution is 8.00. The van der Waals surface area contributed by atoms with E-state index in [1.54, 1.807) is 12.1 Å². The second kappa shape index (κ2) is 6.35. The fourth-order valence-corrected chi connectivity index (χ4v) is 3.56. The number of rotatable bonds is 6. The van der Waals surface area contributed by atoms with E-state index in [4.69, 9.17) is 4.74 Å². The van der Waals surface area contributed by atoms with Gasteiger partial charge in [-0.3, -0.25) is 10.1 Å². The zero-order valence-corrected chi connectivity index (χ0v) is 12.7. The highest BCUT2D eigenvalue weighted by Crippen LogP contribution is 2.38. The average molecular weight is 296 g/mol. The predicted molar refractivity (Wildman–Crippen MR) is 82.9 cm³/mol. The molecule has 0 amide bonds. The topological polar surface area (TPSA) is 64.4 Å². The lowest BCUT2D eigenvalue weighted by atomic mass is 10.1. The smallest absolute Gasteiger partial charge is 0.311 e. The van der Waals surface area contributed by atoms with Crippen molar-refractivity contribution in [1.82, 2.24) is 0 Å². The van der Waals surface area contributed by atoms with Crippen LogP contribution in [0.4, 0.5) is 11.4 Å². The monoisotopic (exact) mass is 296 g/mol. The standard InChI is InChI=1S/C14H20N2O3S/c1-3-19-13-9-11(5-6-12(13)16(17)18)15-10-14(2)7-4-8-20-14/h5-6,9,15H,3-4,7-8,10H2,1-2H3. The van der Waals surface area contributed by atoms with E-state index < -0.39 is 4.92 Å². The van der Waals surface area contributed by atoms with Crippen molar-refractivity contribution in [2.75, 3.05) is 24.2 Å². The molecule has 0 aromatic heterocycles. The Bertz CT molecular complexity index is 487. The normalized spacial score (nSPS) is 21.7. The first-order valence-corrected chi connectivity index (χ1v) is 7.82. The van der Waals surface area contributed by atoms with Crippen LogP contribution >= 0.6 is 11.8 Å². The quantitative estimate of drug-likeness (QED) is 0.640. The van der Waals surface area contributed by atoms with E-state index in [1.165, 1.54) is 24.7 Å². The third-order valence-electron chi connectivity index (χ3n) is 3.42. The Balaban J connectivity index is 2.08. The molecule has 1 aliphatic rings. The van der Waals surface area contributed by atoms with Crippen LogP contribution in [0.3, 0.4) is 0 Å². The van der Waals surface area contributed by atoms with Gasteiger partial charge in [-0.1, -0.05) is 0 Å². The van der Waals surface area contributed by atoms with Gasteiger partial charge in [0.15, 0.2) is 5.75 Å². The van der Waals surface area contributed by atoms with Gasteiger partial charge >= 0.3 is 5.69 Å². The van der Waals surface area contributed by atoms with Gasteiger partial charge in [0.2, 0.25) is 0 Å². The molecule has 0 spiro atoms. The van der Waals surface area contributed by atoms with Gasteiger partial charge in [0.05, 0.1) is 11.5 Å². The van der Waals surface area contributed by atoms with E-state index in [1.807, 2.05) is 18.7 Å². The molecule has 0 saturated carbocycles. The molecule has 0 radical (unpaired) electrons. The maximum atomic E-state index is 10.9. The minimum atomic E-state index is -0.414. The summed E-state index contributed by atoms with van der Waals surface area (Å²) in [6, 6.07) is 4.95. The Morgan fingerprint density at radius 1 is 1.55 bits per heavy atom. The Labute approximate surface area is 123 Å². The van der Waals surface area contributed by atoms with Crippen LogP contribution in [0.25, 0.3) is 0 Å². The molecule has 1 aliphatic heterocycles. The molecule has 1 N–H and O–H groups in total. The summed E-state index contributed by atoms with van der Waals surface area (Å²) in [5.74, 6) is 1.54. The number of nitrogens with zero attached hydrogens (tertiary/aromatic N) is 1. The summed E-state index contributed by atoms with van der Waals surface area (Å²) in [7, 11) is 0. The molecular weight excluding hydrogens is 276 g/mol. The number of nitro benzene ring substituents is 1. The van der Waals surface area contributed by atoms with E-state index in [0.29, 0.717) is 12.4 Å². The lowest BCUT2D eigenvalue weighted by Gasteiger charge is -2.23. The summed E-state index contributed by atoms with van der Waals surface area (Å²) >= 11 is 1.98. The first-order valence-electron chi connectivity index (χ1n) is 6.83. The zero-order chi connectivity index (χ0) is 14.6. The third-order valence-corrected chi connectivity index (χ3v) is 4.96. The van der Waals surface area contributed by atoms with Crippen LogP contribution in [-0.2, 0) is 0 Å². The van der Waals surface area contributed by atoms with E-state index in [-0.39, 0.29) is 10.4 Å². The van der Waals surface area contributed by atoms with Gasteiger partial charge in [-0.2, -0.15) is 11.8 Å². The molecule has 1 saturated heterocycles. The van der Waals surface area contributed by atoms with E-state index in [9.17, 15) is 10.1 Å². The molecule has 0 aliphatic carbocycles. The summed E-state index contributed by atoms with van der Waals surface area (Å²) < 4.78 is 5.61. The number of nitro groups is 1. The fourth-order valence-electron chi connectivity index (χ4n) is 2.31. The summed E-state index contributed by atoms with van der Waals surface area (Å²) in [5.41, 5.74) is 0.881. The first-order chi connectivity index (χ1) is 9.54. The molecule has 110 valence electrons. The highest BCUT2D eigenvalue weighted by Gasteiger charge is 2.29. The van der Waals surface area contributed by atoms with Crippen LogP contribution in [0.15, 0.2) is 18.2 Å². The summed E-state index contributed by atoms with van der Waals surface area (Å²) in [4.78, 5) is 10.5. The van der Waals surface area contributed by atoms with Gasteiger partial charge in [-0.05, 0) is 38.5 Å². The molecule has 5 nitrogen and oxygen atoms in total. The van der Waals surface area contributed by atoms with E-state index in [0.717, 1.165) is 12.2 Å². The number of hydrogen-bond donors (Lipinski definition) is 1. The third kappa shape index (κ3) is 3.56. The van der Waals surface area contributed by atoms with Crippen molar-refractivity contribution in [3.8, 4) is 5.75 Å². The number of anilines is 1. The molecule has 1 atom stereocenters. The Morgan fingerprint density at radius 3 is 2.95 bits per heavy atom. The molecule has 20 heavy (non-hydrogen) atoms. The maximum absolute atomic E-state index is 10.9. The molecule has 1 unspecified atom stereocenters. The number of nitrogens with one attached hydrogen (secondary N) is 1. The van der Waals surface area contributed by atoms with Crippen molar-refractivity contribution in [2.45, 2.75) is 31.4 Å². The zero-order valence-electron chi connectivity index (χ0n) is 11.8.